The SMILES string of the molecule is Cn1c(CNC(=O)CC2(N3CCOCC3)CCCC2)nc2ccccc21. The molecule has 6 heteroatoms. The van der Waals surface area contributed by atoms with Crippen LogP contribution in [0, 0.1) is 0 Å². The molecule has 6 nitrogen and oxygen atoms in total. The molecule has 2 fully saturated rings. The van der Waals surface area contributed by atoms with Gasteiger partial charge in [-0.1, -0.05) is 25.0 Å². The van der Waals surface area contributed by atoms with Gasteiger partial charge in [0.1, 0.15) is 5.82 Å². The van der Waals surface area contributed by atoms with Crippen LogP contribution in [0.25, 0.3) is 11.0 Å². The second kappa shape index (κ2) is 7.37. The molecular formula is C20H28N4O2. The monoisotopic (exact) mass is 356 g/mol. The zero-order valence-electron chi connectivity index (χ0n) is 15.5. The summed E-state index contributed by atoms with van der Waals surface area (Å²) >= 11 is 0. The fraction of sp³-hybridized carbons (Fsp3) is 0.600. The Balaban J connectivity index is 1.41. The highest BCUT2D eigenvalue weighted by atomic mass is 16.5. The van der Waals surface area contributed by atoms with Gasteiger partial charge in [-0.2, -0.15) is 0 Å². The molecular weight excluding hydrogens is 328 g/mol. The average Bonchev–Trinajstić information content (AvgIpc) is 3.27. The van der Waals surface area contributed by atoms with Crippen molar-refractivity contribution < 1.29 is 9.53 Å². The average molecular weight is 356 g/mol. The van der Waals surface area contributed by atoms with Gasteiger partial charge >= 0.3 is 0 Å². The van der Waals surface area contributed by atoms with Crippen molar-refractivity contribution in [3.05, 3.63) is 30.1 Å². The Bertz CT molecular complexity index is 773. The fourth-order valence-electron chi connectivity index (χ4n) is 4.57. The Kier molecular flexibility index (Phi) is 4.96. The smallest absolute Gasteiger partial charge is 0.222 e. The summed E-state index contributed by atoms with van der Waals surface area (Å²) in [5.41, 5.74) is 2.09. The second-order valence-electron chi connectivity index (χ2n) is 7.56. The van der Waals surface area contributed by atoms with E-state index in [1.165, 1.54) is 12.8 Å². The summed E-state index contributed by atoms with van der Waals surface area (Å²) in [5, 5.41) is 3.11. The van der Waals surface area contributed by atoms with E-state index in [2.05, 4.69) is 25.8 Å². The molecule has 0 bridgehead atoms. The summed E-state index contributed by atoms with van der Waals surface area (Å²) in [4.78, 5) is 19.9. The Hall–Kier alpha value is -1.92. The van der Waals surface area contributed by atoms with Crippen LogP contribution in [0.5, 0.6) is 0 Å². The summed E-state index contributed by atoms with van der Waals surface area (Å²) in [6.45, 7) is 3.92. The van der Waals surface area contributed by atoms with Gasteiger partial charge in [0.05, 0.1) is 30.8 Å². The van der Waals surface area contributed by atoms with Gasteiger partial charge in [0.15, 0.2) is 0 Å². The number of rotatable bonds is 5. The van der Waals surface area contributed by atoms with E-state index < -0.39 is 0 Å². The summed E-state index contributed by atoms with van der Waals surface area (Å²) < 4.78 is 7.56. The highest BCUT2D eigenvalue weighted by Crippen LogP contribution is 2.38. The van der Waals surface area contributed by atoms with Crippen molar-refractivity contribution in [2.24, 2.45) is 7.05 Å². The molecule has 1 saturated carbocycles. The number of para-hydroxylation sites is 2. The third-order valence-electron chi connectivity index (χ3n) is 6.03. The molecule has 140 valence electrons. The highest BCUT2D eigenvalue weighted by molar-refractivity contribution is 5.78. The number of ether oxygens (including phenoxy) is 1. The zero-order chi connectivity index (χ0) is 18.0. The van der Waals surface area contributed by atoms with Gasteiger partial charge in [-0.3, -0.25) is 9.69 Å². The molecule has 1 aromatic carbocycles. The van der Waals surface area contributed by atoms with Crippen LogP contribution in [0.15, 0.2) is 24.3 Å². The minimum Gasteiger partial charge on any atom is -0.379 e. The third-order valence-corrected chi connectivity index (χ3v) is 6.03. The maximum Gasteiger partial charge on any atom is 0.222 e. The second-order valence-corrected chi connectivity index (χ2v) is 7.56. The Morgan fingerprint density at radius 2 is 1.96 bits per heavy atom. The number of hydrogen-bond donors (Lipinski definition) is 1. The summed E-state index contributed by atoms with van der Waals surface area (Å²) in [5.74, 6) is 1.02. The van der Waals surface area contributed by atoms with Gasteiger partial charge in [0.2, 0.25) is 5.91 Å². The molecule has 1 aromatic heterocycles. The maximum absolute atomic E-state index is 12.7. The minimum atomic E-state index is 0.0280. The van der Waals surface area contributed by atoms with Crippen molar-refractivity contribution in [1.29, 1.82) is 0 Å². The first kappa shape index (κ1) is 17.5. The summed E-state index contributed by atoms with van der Waals surface area (Å²) in [7, 11) is 2.00. The van der Waals surface area contributed by atoms with Crippen LogP contribution < -0.4 is 5.32 Å². The molecule has 4 rings (SSSR count). The standard InChI is InChI=1S/C20H28N4O2/c1-23-17-7-3-2-6-16(17)22-18(23)15-21-19(25)14-20(8-4-5-9-20)24-10-12-26-13-11-24/h2-3,6-7H,4-5,8-15H2,1H3,(H,21,25). The zero-order valence-corrected chi connectivity index (χ0v) is 15.5. The van der Waals surface area contributed by atoms with Crippen molar-refractivity contribution in [2.45, 2.75) is 44.2 Å². The number of nitrogens with one attached hydrogen (secondary N) is 1. The number of carbonyl (C=O) groups excluding carboxylic acids is 1. The van der Waals surface area contributed by atoms with Gasteiger partial charge in [0.25, 0.3) is 0 Å². The van der Waals surface area contributed by atoms with Crippen molar-refractivity contribution in [1.82, 2.24) is 19.8 Å². The maximum atomic E-state index is 12.7. The number of benzene rings is 1. The van der Waals surface area contributed by atoms with Gasteiger partial charge < -0.3 is 14.6 Å². The largest absolute Gasteiger partial charge is 0.379 e. The topological polar surface area (TPSA) is 59.4 Å². The van der Waals surface area contributed by atoms with Gasteiger partial charge in [-0.15, -0.1) is 0 Å². The highest BCUT2D eigenvalue weighted by Gasteiger charge is 2.41. The Morgan fingerprint density at radius 3 is 2.69 bits per heavy atom. The van der Waals surface area contributed by atoms with E-state index in [0.29, 0.717) is 13.0 Å². The van der Waals surface area contributed by atoms with Crippen molar-refractivity contribution in [2.75, 3.05) is 26.3 Å². The molecule has 2 heterocycles. The normalized spacial score (nSPS) is 20.5. The first-order valence-electron chi connectivity index (χ1n) is 9.68. The number of carbonyl (C=O) groups is 1. The van der Waals surface area contributed by atoms with E-state index in [0.717, 1.165) is 56.0 Å². The number of nitrogens with zero attached hydrogens (tertiary/aromatic N) is 3. The van der Waals surface area contributed by atoms with Crippen molar-refractivity contribution >= 4 is 16.9 Å². The Morgan fingerprint density at radius 1 is 1.23 bits per heavy atom. The molecule has 26 heavy (non-hydrogen) atoms. The number of fused-ring (bicyclic) bond motifs is 1. The van der Waals surface area contributed by atoms with Gasteiger partial charge in [-0.25, -0.2) is 4.98 Å². The van der Waals surface area contributed by atoms with E-state index in [1.807, 2.05) is 25.2 Å². The molecule has 0 unspecified atom stereocenters. The lowest BCUT2D eigenvalue weighted by Crippen LogP contribution is -2.54. The quantitative estimate of drug-likeness (QED) is 0.892. The number of aryl methyl sites for hydroxylation is 1. The van der Waals surface area contributed by atoms with E-state index in [1.54, 1.807) is 0 Å². The number of hydrogen-bond acceptors (Lipinski definition) is 4. The van der Waals surface area contributed by atoms with Crippen LogP contribution in [0.4, 0.5) is 0 Å². The molecule has 1 N–H and O–H groups in total. The molecule has 2 aromatic rings. The molecule has 1 aliphatic carbocycles. The van der Waals surface area contributed by atoms with Crippen LogP contribution in [0.3, 0.4) is 0 Å². The van der Waals surface area contributed by atoms with Crippen LogP contribution >= 0.6 is 0 Å². The van der Waals surface area contributed by atoms with Crippen LogP contribution in [-0.4, -0.2) is 52.2 Å². The third kappa shape index (κ3) is 3.35. The lowest BCUT2D eigenvalue weighted by atomic mass is 9.90. The molecule has 2 aliphatic rings. The fourth-order valence-corrected chi connectivity index (χ4v) is 4.57. The van der Waals surface area contributed by atoms with Crippen LogP contribution in [0.1, 0.15) is 37.9 Å². The number of morpholine rings is 1. The lowest BCUT2D eigenvalue weighted by Gasteiger charge is -2.43. The first-order valence-corrected chi connectivity index (χ1v) is 9.68. The minimum absolute atomic E-state index is 0.0280. The number of aromatic nitrogens is 2. The van der Waals surface area contributed by atoms with Gasteiger partial charge in [0, 0.05) is 32.1 Å². The lowest BCUT2D eigenvalue weighted by molar-refractivity contribution is -0.125. The van der Waals surface area contributed by atoms with E-state index in [4.69, 9.17) is 4.74 Å². The van der Waals surface area contributed by atoms with Crippen LogP contribution in [-0.2, 0) is 23.1 Å². The van der Waals surface area contributed by atoms with E-state index >= 15 is 0 Å². The number of amides is 1. The predicted octanol–water partition coefficient (Wildman–Crippen LogP) is 2.22. The Labute approximate surface area is 154 Å². The van der Waals surface area contributed by atoms with Crippen molar-refractivity contribution in [3.63, 3.8) is 0 Å². The van der Waals surface area contributed by atoms with Crippen LogP contribution in [0.2, 0.25) is 0 Å². The molecule has 0 spiro atoms. The molecule has 0 radical (unpaired) electrons. The molecule has 1 amide bonds. The molecule has 1 saturated heterocycles. The first-order chi connectivity index (χ1) is 12.7. The predicted molar refractivity (Wildman–Crippen MR) is 101 cm³/mol. The van der Waals surface area contributed by atoms with Gasteiger partial charge in [-0.05, 0) is 25.0 Å². The number of imidazole rings is 1. The van der Waals surface area contributed by atoms with E-state index in [9.17, 15) is 4.79 Å². The van der Waals surface area contributed by atoms with Crippen molar-refractivity contribution in [3.8, 4) is 0 Å². The molecule has 0 atom stereocenters. The summed E-state index contributed by atoms with van der Waals surface area (Å²) in [6, 6.07) is 8.06. The van der Waals surface area contributed by atoms with E-state index in [-0.39, 0.29) is 11.4 Å². The summed E-state index contributed by atoms with van der Waals surface area (Å²) in [6.07, 6.45) is 5.25. The molecule has 1 aliphatic heterocycles.